The van der Waals surface area contributed by atoms with Crippen molar-refractivity contribution in [2.24, 2.45) is 0 Å². The molecule has 1 atom stereocenters. The summed E-state index contributed by atoms with van der Waals surface area (Å²) in [5.41, 5.74) is 0. The summed E-state index contributed by atoms with van der Waals surface area (Å²) in [7, 11) is 3.69. The molecule has 0 rings (SSSR count). The molecule has 3 N–H and O–H groups in total. The Balaban J connectivity index is 3.07. The highest BCUT2D eigenvalue weighted by Gasteiger charge is 1.98. The zero-order chi connectivity index (χ0) is 6.41. The van der Waals surface area contributed by atoms with Crippen LogP contribution in [0.15, 0.2) is 0 Å². The van der Waals surface area contributed by atoms with Crippen LogP contribution in [0.2, 0.25) is 0 Å². The predicted molar refractivity (Wildman–Crippen MR) is 33.9 cm³/mol. The van der Waals surface area contributed by atoms with Crippen molar-refractivity contribution in [1.29, 1.82) is 0 Å². The predicted octanol–water partition coefficient (Wildman–Crippen LogP) is -1.21. The number of aliphatic hydroxyl groups excluding tert-OH is 1. The van der Waals surface area contributed by atoms with E-state index in [0.29, 0.717) is 0 Å². The van der Waals surface area contributed by atoms with Crippen molar-refractivity contribution in [1.82, 2.24) is 10.6 Å². The molecule has 8 heavy (non-hydrogen) atoms. The Labute approximate surface area is 50.1 Å². The number of hydrogen-bond donors (Lipinski definition) is 3. The van der Waals surface area contributed by atoms with Crippen LogP contribution in [0.5, 0.6) is 0 Å². The van der Waals surface area contributed by atoms with Crippen LogP contribution in [-0.4, -0.2) is 38.4 Å². The van der Waals surface area contributed by atoms with Crippen LogP contribution in [0.1, 0.15) is 0 Å². The van der Waals surface area contributed by atoms with Gasteiger partial charge in [0.05, 0.1) is 6.61 Å². The summed E-state index contributed by atoms with van der Waals surface area (Å²) in [5.74, 6) is 0. The van der Waals surface area contributed by atoms with Gasteiger partial charge < -0.3 is 15.7 Å². The van der Waals surface area contributed by atoms with Crippen molar-refractivity contribution in [2.75, 3.05) is 27.2 Å². The van der Waals surface area contributed by atoms with Gasteiger partial charge in [0.1, 0.15) is 0 Å². The fraction of sp³-hybridized carbons (Fsp3) is 1.00. The molecule has 0 aliphatic carbocycles. The molecule has 0 aliphatic rings. The molecule has 0 aromatic rings. The molecule has 0 spiro atoms. The SMILES string of the molecule is CNCC(CO)NC. The number of likely N-dealkylation sites (N-methyl/N-ethyl adjacent to an activating group) is 2. The second-order valence-electron chi connectivity index (χ2n) is 1.73. The van der Waals surface area contributed by atoms with E-state index in [1.54, 1.807) is 0 Å². The van der Waals surface area contributed by atoms with Gasteiger partial charge in [-0.2, -0.15) is 0 Å². The number of hydrogen-bond acceptors (Lipinski definition) is 3. The highest BCUT2D eigenvalue weighted by atomic mass is 16.3. The standard InChI is InChI=1S/C5H14N2O/c1-6-3-5(4-8)7-2/h5-8H,3-4H2,1-2H3. The van der Waals surface area contributed by atoms with E-state index in [4.69, 9.17) is 5.11 Å². The highest BCUT2D eigenvalue weighted by Crippen LogP contribution is 1.73. The van der Waals surface area contributed by atoms with Crippen LogP contribution in [0.3, 0.4) is 0 Å². The lowest BCUT2D eigenvalue weighted by atomic mass is 10.3. The average molecular weight is 118 g/mol. The normalized spacial score (nSPS) is 13.9. The summed E-state index contributed by atoms with van der Waals surface area (Å²) < 4.78 is 0. The quantitative estimate of drug-likeness (QED) is 0.434. The maximum absolute atomic E-state index is 8.55. The summed E-state index contributed by atoms with van der Waals surface area (Å²) >= 11 is 0. The lowest BCUT2D eigenvalue weighted by molar-refractivity contribution is 0.247. The van der Waals surface area contributed by atoms with Crippen molar-refractivity contribution < 1.29 is 5.11 Å². The fourth-order valence-corrected chi connectivity index (χ4v) is 0.504. The molecule has 0 radical (unpaired) electrons. The molecular formula is C5H14N2O. The van der Waals surface area contributed by atoms with Gasteiger partial charge >= 0.3 is 0 Å². The van der Waals surface area contributed by atoms with Gasteiger partial charge in [0, 0.05) is 12.6 Å². The van der Waals surface area contributed by atoms with E-state index < -0.39 is 0 Å². The number of rotatable bonds is 4. The lowest BCUT2D eigenvalue weighted by Gasteiger charge is -2.10. The maximum atomic E-state index is 8.55. The van der Waals surface area contributed by atoms with E-state index in [2.05, 4.69) is 10.6 Å². The Morgan fingerprint density at radius 3 is 2.25 bits per heavy atom. The van der Waals surface area contributed by atoms with Gasteiger partial charge in [0.2, 0.25) is 0 Å². The zero-order valence-corrected chi connectivity index (χ0v) is 5.44. The van der Waals surface area contributed by atoms with Gasteiger partial charge in [0.15, 0.2) is 0 Å². The first-order valence-corrected chi connectivity index (χ1v) is 2.77. The number of nitrogens with one attached hydrogen (secondary N) is 2. The molecule has 3 nitrogen and oxygen atoms in total. The molecular weight excluding hydrogens is 104 g/mol. The second-order valence-corrected chi connectivity index (χ2v) is 1.73. The van der Waals surface area contributed by atoms with E-state index in [-0.39, 0.29) is 12.6 Å². The van der Waals surface area contributed by atoms with Gasteiger partial charge in [-0.1, -0.05) is 0 Å². The molecule has 0 aromatic carbocycles. The second kappa shape index (κ2) is 5.03. The van der Waals surface area contributed by atoms with Gasteiger partial charge in [-0.15, -0.1) is 0 Å². The minimum atomic E-state index is 0.192. The first-order chi connectivity index (χ1) is 3.85. The lowest BCUT2D eigenvalue weighted by Crippen LogP contribution is -2.37. The van der Waals surface area contributed by atoms with E-state index >= 15 is 0 Å². The first kappa shape index (κ1) is 7.88. The molecule has 0 bridgehead atoms. The van der Waals surface area contributed by atoms with Crippen LogP contribution in [0.25, 0.3) is 0 Å². The van der Waals surface area contributed by atoms with Gasteiger partial charge in [0.25, 0.3) is 0 Å². The van der Waals surface area contributed by atoms with Crippen LogP contribution in [0, 0.1) is 0 Å². The van der Waals surface area contributed by atoms with Gasteiger partial charge in [-0.05, 0) is 14.1 Å². The summed E-state index contributed by atoms with van der Waals surface area (Å²) in [6.45, 7) is 1.00. The first-order valence-electron chi connectivity index (χ1n) is 2.77. The molecule has 3 heteroatoms. The van der Waals surface area contributed by atoms with Crippen molar-refractivity contribution >= 4 is 0 Å². The molecule has 1 unspecified atom stereocenters. The van der Waals surface area contributed by atoms with E-state index in [1.165, 1.54) is 0 Å². The summed E-state index contributed by atoms with van der Waals surface area (Å²) in [4.78, 5) is 0. The minimum Gasteiger partial charge on any atom is -0.395 e. The van der Waals surface area contributed by atoms with Gasteiger partial charge in [-0.25, -0.2) is 0 Å². The monoisotopic (exact) mass is 118 g/mol. The molecule has 0 amide bonds. The largest absolute Gasteiger partial charge is 0.395 e. The molecule has 0 aromatic heterocycles. The fourth-order valence-electron chi connectivity index (χ4n) is 0.504. The Kier molecular flexibility index (Phi) is 4.95. The summed E-state index contributed by atoms with van der Waals surface area (Å²) in [6, 6.07) is 0.194. The Morgan fingerprint density at radius 2 is 2.12 bits per heavy atom. The molecule has 0 heterocycles. The highest BCUT2D eigenvalue weighted by molar-refractivity contribution is 4.62. The van der Waals surface area contributed by atoms with Gasteiger partial charge in [-0.3, -0.25) is 0 Å². The van der Waals surface area contributed by atoms with Crippen LogP contribution in [0.4, 0.5) is 0 Å². The summed E-state index contributed by atoms with van der Waals surface area (Å²) in [5, 5.41) is 14.4. The van der Waals surface area contributed by atoms with E-state index in [1.807, 2.05) is 14.1 Å². The molecule has 0 aliphatic heterocycles. The third-order valence-electron chi connectivity index (χ3n) is 1.08. The Bertz CT molecular complexity index is 45.7. The van der Waals surface area contributed by atoms with Crippen molar-refractivity contribution in [3.05, 3.63) is 0 Å². The Morgan fingerprint density at radius 1 is 1.50 bits per heavy atom. The van der Waals surface area contributed by atoms with Crippen LogP contribution < -0.4 is 10.6 Å². The zero-order valence-electron chi connectivity index (χ0n) is 5.44. The smallest absolute Gasteiger partial charge is 0.0596 e. The van der Waals surface area contributed by atoms with E-state index in [9.17, 15) is 0 Å². The maximum Gasteiger partial charge on any atom is 0.0596 e. The third kappa shape index (κ3) is 2.96. The molecule has 50 valence electrons. The topological polar surface area (TPSA) is 44.3 Å². The summed E-state index contributed by atoms with van der Waals surface area (Å²) in [6.07, 6.45) is 0. The number of aliphatic hydroxyl groups is 1. The molecule has 0 saturated carbocycles. The molecule has 0 fully saturated rings. The molecule has 0 saturated heterocycles. The van der Waals surface area contributed by atoms with Crippen LogP contribution in [-0.2, 0) is 0 Å². The Hall–Kier alpha value is -0.120. The van der Waals surface area contributed by atoms with Crippen molar-refractivity contribution in [2.45, 2.75) is 6.04 Å². The average Bonchev–Trinajstić information content (AvgIpc) is 1.83. The van der Waals surface area contributed by atoms with Crippen LogP contribution >= 0.6 is 0 Å². The van der Waals surface area contributed by atoms with Crippen molar-refractivity contribution in [3.8, 4) is 0 Å². The minimum absolute atomic E-state index is 0.192. The van der Waals surface area contributed by atoms with Crippen molar-refractivity contribution in [3.63, 3.8) is 0 Å². The third-order valence-corrected chi connectivity index (χ3v) is 1.08. The van der Waals surface area contributed by atoms with E-state index in [0.717, 1.165) is 6.54 Å².